The SMILES string of the molecule is C=CC[C@@H](COCc1ccc(OC)cc1)OC(=O)[C@@H]1CCCCN1. The highest BCUT2D eigenvalue weighted by molar-refractivity contribution is 5.76. The molecule has 1 heterocycles. The number of carbonyl (C=O) groups excluding carboxylic acids is 1. The van der Waals surface area contributed by atoms with Crippen LogP contribution in [-0.2, 0) is 20.9 Å². The molecule has 2 atom stereocenters. The van der Waals surface area contributed by atoms with E-state index in [-0.39, 0.29) is 18.1 Å². The molecule has 0 spiro atoms. The number of methoxy groups -OCH3 is 1. The van der Waals surface area contributed by atoms with Crippen LogP contribution in [-0.4, -0.2) is 38.4 Å². The van der Waals surface area contributed by atoms with Crippen molar-refractivity contribution in [2.45, 2.75) is 44.4 Å². The van der Waals surface area contributed by atoms with Gasteiger partial charge in [-0.05, 0) is 37.1 Å². The zero-order valence-electron chi connectivity index (χ0n) is 14.3. The van der Waals surface area contributed by atoms with Gasteiger partial charge in [0.1, 0.15) is 17.9 Å². The third-order valence-electron chi connectivity index (χ3n) is 4.04. The molecule has 1 aliphatic heterocycles. The van der Waals surface area contributed by atoms with E-state index in [2.05, 4.69) is 11.9 Å². The number of carbonyl (C=O) groups is 1. The van der Waals surface area contributed by atoms with Crippen LogP contribution in [0.3, 0.4) is 0 Å². The van der Waals surface area contributed by atoms with Gasteiger partial charge in [0.15, 0.2) is 0 Å². The van der Waals surface area contributed by atoms with Gasteiger partial charge < -0.3 is 19.5 Å². The monoisotopic (exact) mass is 333 g/mol. The van der Waals surface area contributed by atoms with E-state index in [9.17, 15) is 4.79 Å². The van der Waals surface area contributed by atoms with E-state index in [4.69, 9.17) is 14.2 Å². The van der Waals surface area contributed by atoms with Crippen molar-refractivity contribution in [3.05, 3.63) is 42.5 Å². The average Bonchev–Trinajstić information content (AvgIpc) is 2.63. The fourth-order valence-corrected chi connectivity index (χ4v) is 2.67. The number of nitrogens with one attached hydrogen (secondary N) is 1. The molecule has 0 aliphatic carbocycles. The molecule has 0 bridgehead atoms. The highest BCUT2D eigenvalue weighted by Crippen LogP contribution is 2.14. The fraction of sp³-hybridized carbons (Fsp3) is 0.526. The quantitative estimate of drug-likeness (QED) is 0.556. The maximum atomic E-state index is 12.2. The van der Waals surface area contributed by atoms with Crippen LogP contribution >= 0.6 is 0 Å². The Kier molecular flexibility index (Phi) is 7.79. The zero-order chi connectivity index (χ0) is 17.2. The topological polar surface area (TPSA) is 56.8 Å². The second-order valence-corrected chi connectivity index (χ2v) is 5.95. The van der Waals surface area contributed by atoms with Crippen LogP contribution < -0.4 is 10.1 Å². The lowest BCUT2D eigenvalue weighted by Gasteiger charge is -2.24. The number of benzene rings is 1. The molecule has 132 valence electrons. The number of ether oxygens (including phenoxy) is 3. The van der Waals surface area contributed by atoms with Gasteiger partial charge in [0.05, 0.1) is 20.3 Å². The van der Waals surface area contributed by atoms with Crippen molar-refractivity contribution in [3.8, 4) is 5.75 Å². The first kappa shape index (κ1) is 18.5. The molecule has 1 fully saturated rings. The highest BCUT2D eigenvalue weighted by atomic mass is 16.6. The first-order chi connectivity index (χ1) is 11.7. The molecule has 1 aromatic rings. The van der Waals surface area contributed by atoms with Gasteiger partial charge in [0.25, 0.3) is 0 Å². The van der Waals surface area contributed by atoms with Gasteiger partial charge in [-0.1, -0.05) is 24.6 Å². The van der Waals surface area contributed by atoms with Crippen molar-refractivity contribution in [2.24, 2.45) is 0 Å². The van der Waals surface area contributed by atoms with Crippen molar-refractivity contribution >= 4 is 5.97 Å². The van der Waals surface area contributed by atoms with E-state index in [1.54, 1.807) is 13.2 Å². The Morgan fingerprint density at radius 1 is 1.38 bits per heavy atom. The standard InChI is InChI=1S/C19H27NO4/c1-3-6-17(24-19(21)18-7-4-5-12-20-18)14-23-13-15-8-10-16(22-2)11-9-15/h3,8-11,17-18,20H,1,4-7,12-14H2,2H3/t17-,18-/m0/s1. The second kappa shape index (κ2) is 10.1. The summed E-state index contributed by atoms with van der Waals surface area (Å²) in [6.07, 6.45) is 5.06. The fourth-order valence-electron chi connectivity index (χ4n) is 2.67. The Hall–Kier alpha value is -1.85. The van der Waals surface area contributed by atoms with E-state index in [0.717, 1.165) is 37.1 Å². The average molecular weight is 333 g/mol. The Morgan fingerprint density at radius 3 is 2.79 bits per heavy atom. The van der Waals surface area contributed by atoms with E-state index in [0.29, 0.717) is 19.6 Å². The third kappa shape index (κ3) is 5.98. The first-order valence-corrected chi connectivity index (χ1v) is 8.48. The summed E-state index contributed by atoms with van der Waals surface area (Å²) in [4.78, 5) is 12.2. The number of esters is 1. The molecular weight excluding hydrogens is 306 g/mol. The molecule has 0 saturated carbocycles. The lowest BCUT2D eigenvalue weighted by atomic mass is 10.1. The molecule has 0 aromatic heterocycles. The Bertz CT molecular complexity index is 509. The van der Waals surface area contributed by atoms with Gasteiger partial charge in [-0.3, -0.25) is 4.79 Å². The Labute approximate surface area is 144 Å². The van der Waals surface area contributed by atoms with Crippen molar-refractivity contribution in [1.82, 2.24) is 5.32 Å². The largest absolute Gasteiger partial charge is 0.497 e. The summed E-state index contributed by atoms with van der Waals surface area (Å²) >= 11 is 0. The van der Waals surface area contributed by atoms with Crippen LogP contribution in [0.25, 0.3) is 0 Å². The van der Waals surface area contributed by atoms with Gasteiger partial charge in [0.2, 0.25) is 0 Å². The summed E-state index contributed by atoms with van der Waals surface area (Å²) < 4.78 is 16.4. The van der Waals surface area contributed by atoms with Crippen LogP contribution in [0.4, 0.5) is 0 Å². The molecule has 2 rings (SSSR count). The molecular formula is C19H27NO4. The minimum Gasteiger partial charge on any atom is -0.497 e. The molecule has 0 unspecified atom stereocenters. The molecule has 5 heteroatoms. The van der Waals surface area contributed by atoms with E-state index in [1.165, 1.54) is 0 Å². The van der Waals surface area contributed by atoms with Crippen LogP contribution in [0.5, 0.6) is 5.75 Å². The second-order valence-electron chi connectivity index (χ2n) is 5.95. The third-order valence-corrected chi connectivity index (χ3v) is 4.04. The summed E-state index contributed by atoms with van der Waals surface area (Å²) in [5, 5.41) is 3.21. The van der Waals surface area contributed by atoms with E-state index < -0.39 is 0 Å². The number of rotatable bonds is 9. The minimum absolute atomic E-state index is 0.186. The highest BCUT2D eigenvalue weighted by Gasteiger charge is 2.24. The normalized spacial score (nSPS) is 18.6. The molecule has 1 aliphatic rings. The van der Waals surface area contributed by atoms with Crippen molar-refractivity contribution in [2.75, 3.05) is 20.3 Å². The molecule has 1 aromatic carbocycles. The maximum absolute atomic E-state index is 12.2. The smallest absolute Gasteiger partial charge is 0.323 e. The predicted molar refractivity (Wildman–Crippen MR) is 93.0 cm³/mol. The molecule has 0 radical (unpaired) electrons. The summed E-state index contributed by atoms with van der Waals surface area (Å²) in [5.41, 5.74) is 1.05. The molecule has 24 heavy (non-hydrogen) atoms. The summed E-state index contributed by atoms with van der Waals surface area (Å²) in [6.45, 7) is 5.43. The van der Waals surface area contributed by atoms with Gasteiger partial charge in [-0.25, -0.2) is 0 Å². The predicted octanol–water partition coefficient (Wildman–Crippen LogP) is 2.84. The molecule has 5 nitrogen and oxygen atoms in total. The van der Waals surface area contributed by atoms with Crippen LogP contribution in [0.15, 0.2) is 36.9 Å². The summed E-state index contributed by atoms with van der Waals surface area (Å²) in [6, 6.07) is 7.52. The van der Waals surface area contributed by atoms with Gasteiger partial charge in [-0.15, -0.1) is 6.58 Å². The van der Waals surface area contributed by atoms with Crippen LogP contribution in [0.1, 0.15) is 31.2 Å². The van der Waals surface area contributed by atoms with Crippen molar-refractivity contribution in [1.29, 1.82) is 0 Å². The Balaban J connectivity index is 1.77. The van der Waals surface area contributed by atoms with Gasteiger partial charge in [0, 0.05) is 6.42 Å². The Morgan fingerprint density at radius 2 is 2.17 bits per heavy atom. The molecule has 1 N–H and O–H groups in total. The van der Waals surface area contributed by atoms with Crippen molar-refractivity contribution in [3.63, 3.8) is 0 Å². The molecule has 1 saturated heterocycles. The number of hydrogen-bond acceptors (Lipinski definition) is 5. The van der Waals surface area contributed by atoms with Crippen LogP contribution in [0.2, 0.25) is 0 Å². The van der Waals surface area contributed by atoms with Crippen LogP contribution in [0, 0.1) is 0 Å². The first-order valence-electron chi connectivity index (χ1n) is 8.48. The van der Waals surface area contributed by atoms with Gasteiger partial charge >= 0.3 is 5.97 Å². The number of hydrogen-bond donors (Lipinski definition) is 1. The maximum Gasteiger partial charge on any atom is 0.323 e. The van der Waals surface area contributed by atoms with Crippen molar-refractivity contribution < 1.29 is 19.0 Å². The lowest BCUT2D eigenvalue weighted by molar-refractivity contribution is -0.155. The lowest BCUT2D eigenvalue weighted by Crippen LogP contribution is -2.43. The summed E-state index contributed by atoms with van der Waals surface area (Å²) in [5.74, 6) is 0.631. The van der Waals surface area contributed by atoms with Gasteiger partial charge in [-0.2, -0.15) is 0 Å². The van der Waals surface area contributed by atoms with E-state index in [1.807, 2.05) is 24.3 Å². The number of piperidine rings is 1. The van der Waals surface area contributed by atoms with E-state index >= 15 is 0 Å². The summed E-state index contributed by atoms with van der Waals surface area (Å²) in [7, 11) is 1.64. The minimum atomic E-state index is -0.294. The zero-order valence-corrected chi connectivity index (χ0v) is 14.3. The molecule has 0 amide bonds.